The second kappa shape index (κ2) is 7.61. The molecule has 25 heavy (non-hydrogen) atoms. The molecule has 2 amide bonds. The van der Waals surface area contributed by atoms with E-state index in [-0.39, 0.29) is 35.1 Å². The number of halogens is 1. The number of amides is 2. The van der Waals surface area contributed by atoms with Gasteiger partial charge in [-0.3, -0.25) is 4.79 Å². The van der Waals surface area contributed by atoms with Gasteiger partial charge in [0.1, 0.15) is 5.60 Å². The number of H-pyrrole nitrogens is 1. The Balaban J connectivity index is 1.97. The normalized spacial score (nSPS) is 21.1. The molecule has 1 aliphatic rings. The van der Waals surface area contributed by atoms with E-state index in [1.165, 1.54) is 0 Å². The van der Waals surface area contributed by atoms with Crippen LogP contribution < -0.4 is 5.32 Å². The Morgan fingerprint density at radius 3 is 2.60 bits per heavy atom. The number of aromatic nitrogens is 2. The van der Waals surface area contributed by atoms with Crippen LogP contribution in [-0.4, -0.2) is 64.8 Å². The third-order valence-corrected chi connectivity index (χ3v) is 4.24. The molecule has 8 nitrogen and oxygen atoms in total. The standard InChI is InChI=1S/C16H25ClN4O4/c1-9-12(17)20-13(18-9)14(22)19-10-6-7-21(8-11(10)24-5)15(23)25-16(2,3)4/h10-11H,6-8H2,1-5H3,(H,18,20)(H,19,22)/t10-,11+/m0/s1. The average molecular weight is 373 g/mol. The van der Waals surface area contributed by atoms with Gasteiger partial charge in [0.15, 0.2) is 11.0 Å². The zero-order valence-electron chi connectivity index (χ0n) is 15.2. The van der Waals surface area contributed by atoms with E-state index in [0.29, 0.717) is 25.2 Å². The molecule has 2 rings (SSSR count). The Morgan fingerprint density at radius 2 is 2.08 bits per heavy atom. The predicted octanol–water partition coefficient (Wildman–Crippen LogP) is 2.13. The second-order valence-electron chi connectivity index (χ2n) is 7.07. The summed E-state index contributed by atoms with van der Waals surface area (Å²) in [5.74, 6) is -0.195. The number of aryl methyl sites for hydroxylation is 1. The zero-order valence-corrected chi connectivity index (χ0v) is 15.9. The molecule has 1 aliphatic heterocycles. The summed E-state index contributed by atoms with van der Waals surface area (Å²) in [6.07, 6.45) is -0.166. The van der Waals surface area contributed by atoms with E-state index in [1.807, 2.05) is 20.8 Å². The number of carbonyl (C=O) groups excluding carboxylic acids is 2. The van der Waals surface area contributed by atoms with E-state index >= 15 is 0 Å². The topological polar surface area (TPSA) is 96.6 Å². The molecule has 2 N–H and O–H groups in total. The van der Waals surface area contributed by atoms with Crippen molar-refractivity contribution in [3.63, 3.8) is 0 Å². The van der Waals surface area contributed by atoms with Gasteiger partial charge in [-0.2, -0.15) is 0 Å². The summed E-state index contributed by atoms with van der Waals surface area (Å²) in [5.41, 5.74) is 0.0797. The summed E-state index contributed by atoms with van der Waals surface area (Å²) in [5, 5.41) is 3.16. The monoisotopic (exact) mass is 372 g/mol. The minimum atomic E-state index is -0.554. The van der Waals surface area contributed by atoms with Gasteiger partial charge in [0, 0.05) is 13.7 Å². The molecule has 1 saturated heterocycles. The van der Waals surface area contributed by atoms with Crippen molar-refractivity contribution in [3.8, 4) is 0 Å². The van der Waals surface area contributed by atoms with Crippen molar-refractivity contribution in [2.75, 3.05) is 20.2 Å². The number of likely N-dealkylation sites (tertiary alicyclic amines) is 1. The summed E-state index contributed by atoms with van der Waals surface area (Å²) in [6.45, 7) is 8.02. The van der Waals surface area contributed by atoms with Crippen molar-refractivity contribution in [3.05, 3.63) is 16.7 Å². The van der Waals surface area contributed by atoms with Gasteiger partial charge in [-0.25, -0.2) is 9.78 Å². The van der Waals surface area contributed by atoms with Gasteiger partial charge in [0.05, 0.1) is 24.4 Å². The predicted molar refractivity (Wildman–Crippen MR) is 92.8 cm³/mol. The lowest BCUT2D eigenvalue weighted by atomic mass is 10.0. The molecular weight excluding hydrogens is 348 g/mol. The van der Waals surface area contributed by atoms with Gasteiger partial charge in [-0.1, -0.05) is 11.6 Å². The first-order chi connectivity index (χ1) is 11.6. The highest BCUT2D eigenvalue weighted by atomic mass is 35.5. The molecule has 0 aliphatic carbocycles. The van der Waals surface area contributed by atoms with Crippen LogP contribution in [0.4, 0.5) is 4.79 Å². The van der Waals surface area contributed by atoms with Crippen LogP contribution in [0.2, 0.25) is 5.15 Å². The van der Waals surface area contributed by atoms with Gasteiger partial charge in [0.2, 0.25) is 0 Å². The number of piperidine rings is 1. The van der Waals surface area contributed by atoms with Crippen LogP contribution in [0, 0.1) is 6.92 Å². The largest absolute Gasteiger partial charge is 0.444 e. The fourth-order valence-corrected chi connectivity index (χ4v) is 2.73. The van der Waals surface area contributed by atoms with Crippen molar-refractivity contribution in [1.82, 2.24) is 20.2 Å². The molecule has 9 heteroatoms. The van der Waals surface area contributed by atoms with E-state index in [4.69, 9.17) is 21.1 Å². The van der Waals surface area contributed by atoms with Gasteiger partial charge >= 0.3 is 6.09 Å². The molecule has 0 spiro atoms. The number of imidazole rings is 1. The SMILES string of the molecule is CO[C@@H]1CN(C(=O)OC(C)(C)C)CC[C@@H]1NC(=O)c1nc(Cl)c(C)[nH]1. The number of carbonyl (C=O) groups is 2. The molecule has 0 unspecified atom stereocenters. The van der Waals surface area contributed by atoms with Crippen LogP contribution in [0.1, 0.15) is 43.5 Å². The van der Waals surface area contributed by atoms with Crippen molar-refractivity contribution < 1.29 is 19.1 Å². The first-order valence-electron chi connectivity index (χ1n) is 8.14. The Morgan fingerprint density at radius 1 is 1.40 bits per heavy atom. The van der Waals surface area contributed by atoms with Crippen molar-refractivity contribution in [1.29, 1.82) is 0 Å². The first-order valence-corrected chi connectivity index (χ1v) is 8.52. The molecule has 140 valence electrons. The highest BCUT2D eigenvalue weighted by Crippen LogP contribution is 2.18. The Bertz CT molecular complexity index is 621. The number of rotatable bonds is 3. The van der Waals surface area contributed by atoms with E-state index in [2.05, 4.69) is 15.3 Å². The molecule has 0 aromatic carbocycles. The summed E-state index contributed by atoms with van der Waals surface area (Å²) >= 11 is 5.87. The number of aromatic amines is 1. The number of methoxy groups -OCH3 is 1. The van der Waals surface area contributed by atoms with Crippen LogP contribution in [0.25, 0.3) is 0 Å². The zero-order chi connectivity index (χ0) is 18.8. The van der Waals surface area contributed by atoms with Crippen LogP contribution in [0.3, 0.4) is 0 Å². The maximum atomic E-state index is 12.3. The quantitative estimate of drug-likeness (QED) is 0.847. The molecular formula is C16H25ClN4O4. The van der Waals surface area contributed by atoms with Crippen molar-refractivity contribution in [2.45, 2.75) is 51.9 Å². The van der Waals surface area contributed by atoms with E-state index < -0.39 is 5.60 Å². The number of nitrogens with one attached hydrogen (secondary N) is 2. The Kier molecular flexibility index (Phi) is 5.95. The number of ether oxygens (including phenoxy) is 2. The number of hydrogen-bond acceptors (Lipinski definition) is 5. The molecule has 2 atom stereocenters. The molecule has 1 aromatic heterocycles. The maximum absolute atomic E-state index is 12.3. The highest BCUT2D eigenvalue weighted by Gasteiger charge is 2.35. The van der Waals surface area contributed by atoms with Gasteiger partial charge < -0.3 is 24.7 Å². The molecule has 0 radical (unpaired) electrons. The summed E-state index contributed by atoms with van der Waals surface area (Å²) in [6, 6.07) is -0.236. The van der Waals surface area contributed by atoms with Crippen LogP contribution in [0.15, 0.2) is 0 Å². The number of nitrogens with zero attached hydrogens (tertiary/aromatic N) is 2. The van der Waals surface area contributed by atoms with E-state index in [9.17, 15) is 9.59 Å². The number of hydrogen-bond donors (Lipinski definition) is 2. The lowest BCUT2D eigenvalue weighted by Gasteiger charge is -2.38. The van der Waals surface area contributed by atoms with Crippen LogP contribution in [-0.2, 0) is 9.47 Å². The van der Waals surface area contributed by atoms with Crippen LogP contribution >= 0.6 is 11.6 Å². The molecule has 2 heterocycles. The lowest BCUT2D eigenvalue weighted by Crippen LogP contribution is -2.56. The molecule has 0 saturated carbocycles. The summed E-state index contributed by atoms with van der Waals surface area (Å²) in [4.78, 5) is 32.9. The average Bonchev–Trinajstić information content (AvgIpc) is 2.85. The van der Waals surface area contributed by atoms with Crippen molar-refractivity contribution in [2.24, 2.45) is 0 Å². The first kappa shape index (κ1) is 19.5. The minimum absolute atomic E-state index is 0.159. The van der Waals surface area contributed by atoms with Crippen molar-refractivity contribution >= 4 is 23.6 Å². The Labute approximate surface area is 152 Å². The van der Waals surface area contributed by atoms with Crippen LogP contribution in [0.5, 0.6) is 0 Å². The van der Waals surface area contributed by atoms with Gasteiger partial charge in [0.25, 0.3) is 5.91 Å². The Hall–Kier alpha value is -1.80. The maximum Gasteiger partial charge on any atom is 0.410 e. The minimum Gasteiger partial charge on any atom is -0.444 e. The smallest absolute Gasteiger partial charge is 0.410 e. The fraction of sp³-hybridized carbons (Fsp3) is 0.688. The summed E-state index contributed by atoms with van der Waals surface area (Å²) < 4.78 is 10.8. The molecule has 1 aromatic rings. The third-order valence-electron chi connectivity index (χ3n) is 3.87. The van der Waals surface area contributed by atoms with Gasteiger partial charge in [-0.15, -0.1) is 0 Å². The highest BCUT2D eigenvalue weighted by molar-refractivity contribution is 6.30. The fourth-order valence-electron chi connectivity index (χ4n) is 2.60. The van der Waals surface area contributed by atoms with E-state index in [0.717, 1.165) is 0 Å². The van der Waals surface area contributed by atoms with Gasteiger partial charge in [-0.05, 0) is 34.1 Å². The van der Waals surface area contributed by atoms with E-state index in [1.54, 1.807) is 18.9 Å². The third kappa shape index (κ3) is 5.09. The molecule has 1 fully saturated rings. The molecule has 0 bridgehead atoms. The lowest BCUT2D eigenvalue weighted by molar-refractivity contribution is -0.0172. The summed E-state index contributed by atoms with van der Waals surface area (Å²) in [7, 11) is 1.55. The second-order valence-corrected chi connectivity index (χ2v) is 7.43.